The van der Waals surface area contributed by atoms with Crippen molar-refractivity contribution in [3.05, 3.63) is 54.1 Å². The molecule has 2 nitrogen and oxygen atoms in total. The van der Waals surface area contributed by atoms with Crippen molar-refractivity contribution >= 4 is 12.0 Å². The van der Waals surface area contributed by atoms with Crippen LogP contribution in [0.25, 0.3) is 6.08 Å². The molecule has 0 fully saturated rings. The Morgan fingerprint density at radius 1 is 1.12 bits per heavy atom. The first kappa shape index (κ1) is 13.2. The molecule has 1 amide bonds. The monoisotopic (exact) mass is 229 g/mol. The lowest BCUT2D eigenvalue weighted by Gasteiger charge is -2.15. The van der Waals surface area contributed by atoms with Crippen LogP contribution in [-0.2, 0) is 4.79 Å². The molecule has 0 aliphatic rings. The smallest absolute Gasteiger partial charge is 0.246 e. The second-order valence-corrected chi connectivity index (χ2v) is 3.64. The number of nitrogens with zero attached hydrogens (tertiary/aromatic N) is 1. The van der Waals surface area contributed by atoms with Gasteiger partial charge in [0.05, 0.1) is 0 Å². The summed E-state index contributed by atoms with van der Waals surface area (Å²) in [6.07, 6.45) is 7.25. The van der Waals surface area contributed by atoms with Gasteiger partial charge in [-0.05, 0) is 19.4 Å². The zero-order chi connectivity index (χ0) is 12.5. The summed E-state index contributed by atoms with van der Waals surface area (Å²) in [5.41, 5.74) is 1.13. The summed E-state index contributed by atoms with van der Waals surface area (Å²) in [5.74, 6) is 0.0627. The Kier molecular flexibility index (Phi) is 5.80. The van der Waals surface area contributed by atoms with Gasteiger partial charge < -0.3 is 4.90 Å². The number of allylic oxidation sites excluding steroid dienone is 2. The summed E-state index contributed by atoms with van der Waals surface area (Å²) < 4.78 is 0. The molecule has 0 aliphatic carbocycles. The van der Waals surface area contributed by atoms with Crippen molar-refractivity contribution in [3.63, 3.8) is 0 Å². The number of hydrogen-bond donors (Lipinski definition) is 0. The molecule has 0 saturated heterocycles. The molecule has 0 bridgehead atoms. The molecule has 0 saturated carbocycles. The zero-order valence-electron chi connectivity index (χ0n) is 10.5. The van der Waals surface area contributed by atoms with Gasteiger partial charge in [0.15, 0.2) is 0 Å². The third-order valence-corrected chi connectivity index (χ3v) is 2.51. The molecule has 0 unspecified atom stereocenters. The molecule has 0 heterocycles. The fourth-order valence-corrected chi connectivity index (χ4v) is 1.51. The van der Waals surface area contributed by atoms with E-state index in [1.54, 1.807) is 17.1 Å². The van der Waals surface area contributed by atoms with E-state index >= 15 is 0 Å². The van der Waals surface area contributed by atoms with E-state index < -0.39 is 0 Å². The lowest BCUT2D eigenvalue weighted by molar-refractivity contribution is -0.125. The Labute approximate surface area is 103 Å². The third-order valence-electron chi connectivity index (χ3n) is 2.51. The summed E-state index contributed by atoms with van der Waals surface area (Å²) in [6.45, 7) is 5.47. The molecule has 1 aromatic carbocycles. The van der Waals surface area contributed by atoms with Crippen LogP contribution in [0.2, 0.25) is 0 Å². The highest BCUT2D eigenvalue weighted by molar-refractivity contribution is 5.87. The van der Waals surface area contributed by atoms with E-state index in [1.807, 2.05) is 56.3 Å². The van der Waals surface area contributed by atoms with E-state index in [4.69, 9.17) is 0 Å². The first-order valence-electron chi connectivity index (χ1n) is 5.96. The molecule has 0 atom stereocenters. The number of amides is 1. The normalized spacial score (nSPS) is 11.2. The first-order chi connectivity index (χ1) is 8.27. The highest BCUT2D eigenvalue weighted by atomic mass is 16.2. The molecule has 2 heteroatoms. The van der Waals surface area contributed by atoms with Crippen LogP contribution in [0.4, 0.5) is 0 Å². The first-order valence-corrected chi connectivity index (χ1v) is 5.96. The standard InChI is InChI=1S/C15H19NO/c1-3-16(4-2)15(17)13-9-8-12-14-10-6-5-7-11-14/h5-13H,3-4H2,1-2H3. The summed E-state index contributed by atoms with van der Waals surface area (Å²) in [4.78, 5) is 13.4. The van der Waals surface area contributed by atoms with Gasteiger partial charge in [-0.2, -0.15) is 0 Å². The Morgan fingerprint density at radius 2 is 1.76 bits per heavy atom. The maximum atomic E-state index is 11.6. The molecule has 1 rings (SSSR count). The van der Waals surface area contributed by atoms with Crippen molar-refractivity contribution in [2.75, 3.05) is 13.1 Å². The van der Waals surface area contributed by atoms with Gasteiger partial charge in [0, 0.05) is 19.2 Å². The highest BCUT2D eigenvalue weighted by Crippen LogP contribution is 2.01. The van der Waals surface area contributed by atoms with E-state index in [9.17, 15) is 4.79 Å². The second kappa shape index (κ2) is 7.44. The van der Waals surface area contributed by atoms with Gasteiger partial charge in [0.2, 0.25) is 5.91 Å². The van der Waals surface area contributed by atoms with Crippen LogP contribution in [0.3, 0.4) is 0 Å². The Morgan fingerprint density at radius 3 is 2.35 bits per heavy atom. The molecule has 0 aromatic heterocycles. The van der Waals surface area contributed by atoms with Crippen molar-refractivity contribution < 1.29 is 4.79 Å². The van der Waals surface area contributed by atoms with Gasteiger partial charge in [-0.15, -0.1) is 0 Å². The minimum Gasteiger partial charge on any atom is -0.340 e. The molecule has 0 spiro atoms. The highest BCUT2D eigenvalue weighted by Gasteiger charge is 2.03. The van der Waals surface area contributed by atoms with E-state index in [2.05, 4.69) is 0 Å². The van der Waals surface area contributed by atoms with E-state index in [0.717, 1.165) is 18.7 Å². The number of benzene rings is 1. The summed E-state index contributed by atoms with van der Waals surface area (Å²) >= 11 is 0. The van der Waals surface area contributed by atoms with Gasteiger partial charge in [0.1, 0.15) is 0 Å². The summed E-state index contributed by atoms with van der Waals surface area (Å²) in [5, 5.41) is 0. The molecular weight excluding hydrogens is 210 g/mol. The van der Waals surface area contributed by atoms with Gasteiger partial charge >= 0.3 is 0 Å². The Bertz CT molecular complexity index is 389. The molecule has 17 heavy (non-hydrogen) atoms. The van der Waals surface area contributed by atoms with Crippen LogP contribution in [0, 0.1) is 0 Å². The third kappa shape index (κ3) is 4.68. The topological polar surface area (TPSA) is 20.3 Å². The fraction of sp³-hybridized carbons (Fsp3) is 0.267. The predicted molar refractivity (Wildman–Crippen MR) is 72.5 cm³/mol. The van der Waals surface area contributed by atoms with E-state index in [1.165, 1.54) is 0 Å². The molecule has 0 radical (unpaired) electrons. The van der Waals surface area contributed by atoms with Crippen LogP contribution in [0.5, 0.6) is 0 Å². The molecule has 0 aliphatic heterocycles. The average Bonchev–Trinajstić information content (AvgIpc) is 2.37. The summed E-state index contributed by atoms with van der Waals surface area (Å²) in [7, 11) is 0. The number of carbonyl (C=O) groups is 1. The molecule has 1 aromatic rings. The Hall–Kier alpha value is -1.83. The number of likely N-dealkylation sites (N-methyl/N-ethyl adjacent to an activating group) is 1. The van der Waals surface area contributed by atoms with Crippen molar-refractivity contribution in [2.45, 2.75) is 13.8 Å². The van der Waals surface area contributed by atoms with Gasteiger partial charge in [-0.1, -0.05) is 48.6 Å². The fourth-order valence-electron chi connectivity index (χ4n) is 1.51. The van der Waals surface area contributed by atoms with E-state index in [0.29, 0.717) is 0 Å². The van der Waals surface area contributed by atoms with Gasteiger partial charge in [-0.3, -0.25) is 4.79 Å². The predicted octanol–water partition coefficient (Wildman–Crippen LogP) is 3.12. The van der Waals surface area contributed by atoms with E-state index in [-0.39, 0.29) is 5.91 Å². The lowest BCUT2D eigenvalue weighted by Crippen LogP contribution is -2.28. The molecular formula is C15H19NO. The molecule has 90 valence electrons. The largest absolute Gasteiger partial charge is 0.340 e. The van der Waals surface area contributed by atoms with Crippen molar-refractivity contribution in [1.82, 2.24) is 4.90 Å². The van der Waals surface area contributed by atoms with Crippen LogP contribution in [0.15, 0.2) is 48.6 Å². The van der Waals surface area contributed by atoms with Crippen molar-refractivity contribution in [2.24, 2.45) is 0 Å². The minimum atomic E-state index is 0.0627. The number of carbonyl (C=O) groups excluding carboxylic acids is 1. The maximum Gasteiger partial charge on any atom is 0.246 e. The summed E-state index contributed by atoms with van der Waals surface area (Å²) in [6, 6.07) is 10.0. The van der Waals surface area contributed by atoms with Crippen LogP contribution in [-0.4, -0.2) is 23.9 Å². The van der Waals surface area contributed by atoms with Crippen LogP contribution >= 0.6 is 0 Å². The number of rotatable bonds is 5. The van der Waals surface area contributed by atoms with Crippen LogP contribution < -0.4 is 0 Å². The molecule has 0 N–H and O–H groups in total. The SMILES string of the molecule is CCN(CC)C(=O)C=CC=Cc1ccccc1. The van der Waals surface area contributed by atoms with Gasteiger partial charge in [-0.25, -0.2) is 0 Å². The van der Waals surface area contributed by atoms with Gasteiger partial charge in [0.25, 0.3) is 0 Å². The number of hydrogen-bond acceptors (Lipinski definition) is 1. The average molecular weight is 229 g/mol. The van der Waals surface area contributed by atoms with Crippen LogP contribution in [0.1, 0.15) is 19.4 Å². The quantitative estimate of drug-likeness (QED) is 0.561. The van der Waals surface area contributed by atoms with Crippen molar-refractivity contribution in [1.29, 1.82) is 0 Å². The minimum absolute atomic E-state index is 0.0627. The second-order valence-electron chi connectivity index (χ2n) is 3.64. The Balaban J connectivity index is 2.50. The maximum absolute atomic E-state index is 11.6. The lowest BCUT2D eigenvalue weighted by atomic mass is 10.2. The van der Waals surface area contributed by atoms with Crippen molar-refractivity contribution in [3.8, 4) is 0 Å². The zero-order valence-corrected chi connectivity index (χ0v) is 10.5.